The van der Waals surface area contributed by atoms with E-state index in [-0.39, 0.29) is 11.7 Å². The second-order valence-electron chi connectivity index (χ2n) is 3.61. The molecule has 2 rings (SSSR count). The Morgan fingerprint density at radius 2 is 2.07 bits per heavy atom. The van der Waals surface area contributed by atoms with Crippen LogP contribution in [0.3, 0.4) is 0 Å². The zero-order chi connectivity index (χ0) is 10.8. The second-order valence-corrected chi connectivity index (χ2v) is 3.61. The lowest BCUT2D eigenvalue weighted by Crippen LogP contribution is -2.38. The molecule has 1 aliphatic rings. The van der Waals surface area contributed by atoms with E-state index >= 15 is 0 Å². The largest absolute Gasteiger partial charge is 0.336 e. The summed E-state index contributed by atoms with van der Waals surface area (Å²) >= 11 is 0. The first-order valence-corrected chi connectivity index (χ1v) is 4.84. The van der Waals surface area contributed by atoms with Crippen molar-refractivity contribution >= 4 is 11.7 Å². The van der Waals surface area contributed by atoms with Crippen molar-refractivity contribution in [1.29, 1.82) is 0 Å². The highest BCUT2D eigenvalue weighted by atomic mass is 16.2. The lowest BCUT2D eigenvalue weighted by molar-refractivity contribution is -0.120. The zero-order valence-electron chi connectivity index (χ0n) is 8.51. The van der Waals surface area contributed by atoms with Gasteiger partial charge in [-0.15, -0.1) is 5.10 Å². The Bertz CT molecular complexity index is 389. The SMILES string of the molecule is Cn1cc(C(=O)N2CCC(=O)CC2)nn1. The summed E-state index contributed by atoms with van der Waals surface area (Å²) in [4.78, 5) is 24.5. The molecule has 0 radical (unpaired) electrons. The van der Waals surface area contributed by atoms with Gasteiger partial charge in [0, 0.05) is 33.0 Å². The molecule has 0 saturated carbocycles. The standard InChI is InChI=1S/C9H12N4O2/c1-12-6-8(10-11-12)9(15)13-4-2-7(14)3-5-13/h6H,2-5H2,1H3. The zero-order valence-corrected chi connectivity index (χ0v) is 8.51. The van der Waals surface area contributed by atoms with Gasteiger partial charge in [-0.1, -0.05) is 5.21 Å². The van der Waals surface area contributed by atoms with E-state index < -0.39 is 0 Å². The molecule has 2 heterocycles. The Morgan fingerprint density at radius 1 is 1.40 bits per heavy atom. The van der Waals surface area contributed by atoms with Crippen molar-refractivity contribution < 1.29 is 9.59 Å². The minimum atomic E-state index is -0.143. The van der Waals surface area contributed by atoms with E-state index in [0.29, 0.717) is 31.6 Å². The second kappa shape index (κ2) is 3.80. The Morgan fingerprint density at radius 3 is 2.60 bits per heavy atom. The maximum absolute atomic E-state index is 11.8. The van der Waals surface area contributed by atoms with Gasteiger partial charge in [0.15, 0.2) is 5.69 Å². The highest BCUT2D eigenvalue weighted by molar-refractivity contribution is 5.93. The van der Waals surface area contributed by atoms with Crippen LogP contribution in [0.5, 0.6) is 0 Å². The van der Waals surface area contributed by atoms with Crippen LogP contribution in [0.1, 0.15) is 23.3 Å². The van der Waals surface area contributed by atoms with E-state index in [1.165, 1.54) is 4.68 Å². The van der Waals surface area contributed by atoms with E-state index in [2.05, 4.69) is 10.3 Å². The van der Waals surface area contributed by atoms with Crippen LogP contribution < -0.4 is 0 Å². The van der Waals surface area contributed by atoms with Crippen LogP contribution in [0.15, 0.2) is 6.20 Å². The fraction of sp³-hybridized carbons (Fsp3) is 0.556. The van der Waals surface area contributed by atoms with E-state index in [1.54, 1.807) is 18.1 Å². The van der Waals surface area contributed by atoms with E-state index in [1.807, 2.05) is 0 Å². The summed E-state index contributed by atoms with van der Waals surface area (Å²) < 4.78 is 1.49. The first kappa shape index (κ1) is 9.82. The van der Waals surface area contributed by atoms with E-state index in [4.69, 9.17) is 0 Å². The molecule has 1 amide bonds. The normalized spacial score (nSPS) is 16.9. The Hall–Kier alpha value is -1.72. The van der Waals surface area contributed by atoms with Gasteiger partial charge in [-0.2, -0.15) is 0 Å². The summed E-state index contributed by atoms with van der Waals surface area (Å²) in [5.41, 5.74) is 0.340. The average molecular weight is 208 g/mol. The number of amides is 1. The third kappa shape index (κ3) is 2.03. The quantitative estimate of drug-likeness (QED) is 0.631. The summed E-state index contributed by atoms with van der Waals surface area (Å²) in [6, 6.07) is 0. The minimum absolute atomic E-state index is 0.143. The number of carbonyl (C=O) groups excluding carboxylic acids is 2. The van der Waals surface area contributed by atoms with Gasteiger partial charge < -0.3 is 4.90 Å². The van der Waals surface area contributed by atoms with Gasteiger partial charge in [-0.3, -0.25) is 14.3 Å². The molecule has 6 heteroatoms. The lowest BCUT2D eigenvalue weighted by Gasteiger charge is -2.24. The van der Waals surface area contributed by atoms with Crippen molar-refractivity contribution in [3.05, 3.63) is 11.9 Å². The molecule has 1 aromatic heterocycles. The van der Waals surface area contributed by atoms with Gasteiger partial charge in [0.1, 0.15) is 5.78 Å². The molecule has 0 spiro atoms. The monoisotopic (exact) mass is 208 g/mol. The van der Waals surface area contributed by atoms with Crippen molar-refractivity contribution in [1.82, 2.24) is 19.9 Å². The lowest BCUT2D eigenvalue weighted by atomic mass is 10.1. The third-order valence-corrected chi connectivity index (χ3v) is 2.43. The van der Waals surface area contributed by atoms with Crippen molar-refractivity contribution in [2.75, 3.05) is 13.1 Å². The summed E-state index contributed by atoms with van der Waals surface area (Å²) in [5, 5.41) is 7.45. The minimum Gasteiger partial charge on any atom is -0.336 e. The van der Waals surface area contributed by atoms with Crippen molar-refractivity contribution in [2.45, 2.75) is 12.8 Å². The fourth-order valence-corrected chi connectivity index (χ4v) is 1.57. The van der Waals surface area contributed by atoms with E-state index in [9.17, 15) is 9.59 Å². The summed E-state index contributed by atoms with van der Waals surface area (Å²) in [7, 11) is 1.71. The third-order valence-electron chi connectivity index (χ3n) is 2.43. The molecular weight excluding hydrogens is 196 g/mol. The van der Waals surface area contributed by atoms with Gasteiger partial charge in [0.05, 0.1) is 6.20 Å². The van der Waals surface area contributed by atoms with Crippen molar-refractivity contribution in [3.63, 3.8) is 0 Å². The number of ketones is 1. The molecule has 6 nitrogen and oxygen atoms in total. The molecule has 1 saturated heterocycles. The predicted octanol–water partition coefficient (Wildman–Crippen LogP) is -0.380. The average Bonchev–Trinajstić information content (AvgIpc) is 2.65. The molecule has 0 unspecified atom stereocenters. The molecule has 1 aliphatic heterocycles. The fourth-order valence-electron chi connectivity index (χ4n) is 1.57. The van der Waals surface area contributed by atoms with Gasteiger partial charge in [-0.05, 0) is 0 Å². The summed E-state index contributed by atoms with van der Waals surface area (Å²) in [5.74, 6) is 0.0776. The number of rotatable bonds is 1. The highest BCUT2D eigenvalue weighted by Gasteiger charge is 2.23. The maximum atomic E-state index is 11.8. The number of aryl methyl sites for hydroxylation is 1. The highest BCUT2D eigenvalue weighted by Crippen LogP contribution is 2.09. The van der Waals surface area contributed by atoms with Crippen LogP contribution in [0.2, 0.25) is 0 Å². The Kier molecular flexibility index (Phi) is 2.49. The van der Waals surface area contributed by atoms with Gasteiger partial charge in [0.2, 0.25) is 0 Å². The van der Waals surface area contributed by atoms with Gasteiger partial charge in [-0.25, -0.2) is 0 Å². The van der Waals surface area contributed by atoms with Crippen LogP contribution in [0.25, 0.3) is 0 Å². The number of aromatic nitrogens is 3. The molecule has 0 aliphatic carbocycles. The van der Waals surface area contributed by atoms with Crippen LogP contribution in [0.4, 0.5) is 0 Å². The molecule has 0 bridgehead atoms. The number of nitrogens with zero attached hydrogens (tertiary/aromatic N) is 4. The molecule has 80 valence electrons. The van der Waals surface area contributed by atoms with Crippen molar-refractivity contribution in [3.8, 4) is 0 Å². The number of piperidine rings is 1. The summed E-state index contributed by atoms with van der Waals surface area (Å²) in [6.07, 6.45) is 2.48. The molecular formula is C9H12N4O2. The Balaban J connectivity index is 2.05. The van der Waals surface area contributed by atoms with Crippen LogP contribution in [-0.2, 0) is 11.8 Å². The topological polar surface area (TPSA) is 68.1 Å². The molecule has 0 aromatic carbocycles. The predicted molar refractivity (Wildman–Crippen MR) is 51.1 cm³/mol. The van der Waals surface area contributed by atoms with Crippen LogP contribution in [0, 0.1) is 0 Å². The number of hydrogen-bond acceptors (Lipinski definition) is 4. The van der Waals surface area contributed by atoms with Gasteiger partial charge >= 0.3 is 0 Å². The first-order valence-electron chi connectivity index (χ1n) is 4.84. The van der Waals surface area contributed by atoms with Crippen LogP contribution >= 0.6 is 0 Å². The number of carbonyl (C=O) groups is 2. The molecule has 15 heavy (non-hydrogen) atoms. The molecule has 0 atom stereocenters. The number of hydrogen-bond donors (Lipinski definition) is 0. The molecule has 1 fully saturated rings. The first-order chi connectivity index (χ1) is 7.16. The van der Waals surface area contributed by atoms with Crippen molar-refractivity contribution in [2.24, 2.45) is 7.05 Å². The molecule has 1 aromatic rings. The number of Topliss-reactive ketones (excluding diaryl/α,β-unsaturated/α-hetero) is 1. The van der Waals surface area contributed by atoms with Crippen LogP contribution in [-0.4, -0.2) is 44.7 Å². The summed E-state index contributed by atoms with van der Waals surface area (Å²) in [6.45, 7) is 0.989. The van der Waals surface area contributed by atoms with E-state index in [0.717, 1.165) is 0 Å². The smallest absolute Gasteiger partial charge is 0.276 e. The van der Waals surface area contributed by atoms with Gasteiger partial charge in [0.25, 0.3) is 5.91 Å². The Labute approximate surface area is 86.9 Å². The number of likely N-dealkylation sites (tertiary alicyclic amines) is 1. The maximum Gasteiger partial charge on any atom is 0.276 e. The molecule has 0 N–H and O–H groups in total.